The van der Waals surface area contributed by atoms with Gasteiger partial charge < -0.3 is 5.11 Å². The van der Waals surface area contributed by atoms with E-state index in [1.807, 2.05) is 0 Å². The zero-order chi connectivity index (χ0) is 10.2. The molecule has 0 amide bonds. The van der Waals surface area contributed by atoms with Crippen LogP contribution in [0, 0.1) is 11.6 Å². The van der Waals surface area contributed by atoms with E-state index in [-0.39, 0.29) is 5.56 Å². The van der Waals surface area contributed by atoms with Crippen LogP contribution < -0.4 is 0 Å². The third-order valence-electron chi connectivity index (χ3n) is 1.70. The Labute approximate surface area is 73.8 Å². The Morgan fingerprint density at radius 1 is 1.23 bits per heavy atom. The number of halogens is 3. The van der Waals surface area contributed by atoms with Gasteiger partial charge in [-0.3, -0.25) is 0 Å². The predicted molar refractivity (Wildman–Crippen MR) is 42.2 cm³/mol. The smallest absolute Gasteiger partial charge is 0.200 e. The maximum absolute atomic E-state index is 13.2. The number of aromatic hydroxyl groups is 1. The topological polar surface area (TPSA) is 20.2 Å². The second kappa shape index (κ2) is 2.94. The molecule has 1 nitrogen and oxygen atoms in total. The van der Waals surface area contributed by atoms with Crippen molar-refractivity contribution >= 4 is 0 Å². The van der Waals surface area contributed by atoms with Crippen molar-refractivity contribution in [2.45, 2.75) is 19.5 Å². The molecule has 1 N–H and O–H groups in total. The molecule has 72 valence electrons. The first-order valence-corrected chi connectivity index (χ1v) is 3.70. The predicted octanol–water partition coefficient (Wildman–Crippen LogP) is 2.88. The Morgan fingerprint density at radius 3 is 2.15 bits per heavy atom. The number of rotatable bonds is 1. The van der Waals surface area contributed by atoms with Crippen molar-refractivity contribution in [2.75, 3.05) is 0 Å². The van der Waals surface area contributed by atoms with Crippen LogP contribution in [0.2, 0.25) is 0 Å². The average Bonchev–Trinajstić information content (AvgIpc) is 1.97. The Hall–Kier alpha value is -1.19. The van der Waals surface area contributed by atoms with Crippen LogP contribution in [-0.4, -0.2) is 5.11 Å². The number of alkyl halides is 1. The summed E-state index contributed by atoms with van der Waals surface area (Å²) in [5.74, 6) is -3.48. The number of hydrogen-bond acceptors (Lipinski definition) is 1. The van der Waals surface area contributed by atoms with Crippen LogP contribution in [-0.2, 0) is 5.67 Å². The highest BCUT2D eigenvalue weighted by Crippen LogP contribution is 2.30. The van der Waals surface area contributed by atoms with E-state index >= 15 is 0 Å². The molecule has 0 bridgehead atoms. The molecule has 0 fully saturated rings. The summed E-state index contributed by atoms with van der Waals surface area (Å²) in [7, 11) is 0. The van der Waals surface area contributed by atoms with Gasteiger partial charge in [-0.15, -0.1) is 0 Å². The van der Waals surface area contributed by atoms with Gasteiger partial charge in [0.05, 0.1) is 0 Å². The van der Waals surface area contributed by atoms with E-state index < -0.39 is 23.1 Å². The largest absolute Gasteiger partial charge is 0.505 e. The highest BCUT2D eigenvalue weighted by molar-refractivity contribution is 5.33. The average molecular weight is 190 g/mol. The Morgan fingerprint density at radius 2 is 1.77 bits per heavy atom. The van der Waals surface area contributed by atoms with Crippen molar-refractivity contribution in [3.8, 4) is 5.75 Å². The van der Waals surface area contributed by atoms with Gasteiger partial charge in [0.1, 0.15) is 5.67 Å². The third kappa shape index (κ3) is 1.94. The second-order valence-electron chi connectivity index (χ2n) is 3.26. The summed E-state index contributed by atoms with van der Waals surface area (Å²) < 4.78 is 38.4. The van der Waals surface area contributed by atoms with Gasteiger partial charge in [0.25, 0.3) is 0 Å². The number of hydrogen-bond donors (Lipinski definition) is 1. The van der Waals surface area contributed by atoms with Crippen molar-refractivity contribution in [1.29, 1.82) is 0 Å². The molecule has 1 aromatic rings. The van der Waals surface area contributed by atoms with Crippen molar-refractivity contribution in [3.63, 3.8) is 0 Å². The second-order valence-corrected chi connectivity index (χ2v) is 3.26. The van der Waals surface area contributed by atoms with Crippen molar-refractivity contribution < 1.29 is 18.3 Å². The van der Waals surface area contributed by atoms with Gasteiger partial charge in [-0.2, -0.15) is 4.39 Å². The van der Waals surface area contributed by atoms with Gasteiger partial charge in [-0.25, -0.2) is 8.78 Å². The highest BCUT2D eigenvalue weighted by atomic mass is 19.2. The molecule has 0 spiro atoms. The minimum Gasteiger partial charge on any atom is -0.505 e. The zero-order valence-corrected chi connectivity index (χ0v) is 7.24. The number of phenols is 1. The van der Waals surface area contributed by atoms with Crippen LogP contribution in [0.4, 0.5) is 13.2 Å². The van der Waals surface area contributed by atoms with Gasteiger partial charge in [-0.05, 0) is 31.5 Å². The lowest BCUT2D eigenvalue weighted by atomic mass is 10.00. The summed E-state index contributed by atoms with van der Waals surface area (Å²) in [4.78, 5) is 0. The standard InChI is InChI=1S/C9H9F3O/c1-9(2,12)5-3-6(10)8(11)7(13)4-5/h3-4,13H,1-2H3. The van der Waals surface area contributed by atoms with E-state index in [9.17, 15) is 13.2 Å². The summed E-state index contributed by atoms with van der Waals surface area (Å²) >= 11 is 0. The maximum Gasteiger partial charge on any atom is 0.200 e. The summed E-state index contributed by atoms with van der Waals surface area (Å²) in [6.07, 6.45) is 0. The molecule has 0 aliphatic heterocycles. The van der Waals surface area contributed by atoms with Crippen molar-refractivity contribution in [2.24, 2.45) is 0 Å². The molecule has 13 heavy (non-hydrogen) atoms. The molecule has 0 heterocycles. The first-order valence-electron chi connectivity index (χ1n) is 3.70. The summed E-state index contributed by atoms with van der Waals surface area (Å²) in [5, 5.41) is 8.86. The van der Waals surface area contributed by atoms with Gasteiger partial charge in [0.15, 0.2) is 17.4 Å². The van der Waals surface area contributed by atoms with Crippen LogP contribution in [0.5, 0.6) is 5.75 Å². The van der Waals surface area contributed by atoms with E-state index in [0.717, 1.165) is 12.1 Å². The van der Waals surface area contributed by atoms with Gasteiger partial charge in [0, 0.05) is 0 Å². The molecular weight excluding hydrogens is 181 g/mol. The van der Waals surface area contributed by atoms with Crippen LogP contribution in [0.15, 0.2) is 12.1 Å². The SMILES string of the molecule is CC(C)(F)c1cc(O)c(F)c(F)c1. The number of phenolic OH excluding ortho intramolecular Hbond substituents is 1. The monoisotopic (exact) mass is 190 g/mol. The molecule has 0 unspecified atom stereocenters. The fourth-order valence-electron chi connectivity index (χ4n) is 0.918. The fourth-order valence-corrected chi connectivity index (χ4v) is 0.918. The quantitative estimate of drug-likeness (QED) is 0.721. The maximum atomic E-state index is 13.2. The molecule has 1 rings (SSSR count). The Balaban J connectivity index is 3.29. The molecule has 4 heteroatoms. The van der Waals surface area contributed by atoms with Crippen LogP contribution >= 0.6 is 0 Å². The fraction of sp³-hybridized carbons (Fsp3) is 0.333. The molecule has 0 aliphatic rings. The van der Waals surface area contributed by atoms with E-state index in [1.165, 1.54) is 13.8 Å². The molecular formula is C9H9F3O. The van der Waals surface area contributed by atoms with Crippen LogP contribution in [0.25, 0.3) is 0 Å². The van der Waals surface area contributed by atoms with Gasteiger partial charge in [-0.1, -0.05) is 0 Å². The summed E-state index contributed by atoms with van der Waals surface area (Å²) in [5.41, 5.74) is -1.89. The molecule has 0 aliphatic carbocycles. The molecule has 0 radical (unpaired) electrons. The van der Waals surface area contributed by atoms with Crippen molar-refractivity contribution in [3.05, 3.63) is 29.3 Å². The molecule has 0 saturated carbocycles. The minimum atomic E-state index is -1.80. The molecule has 1 aromatic carbocycles. The van der Waals surface area contributed by atoms with Gasteiger partial charge in [0.2, 0.25) is 0 Å². The van der Waals surface area contributed by atoms with Crippen LogP contribution in [0.3, 0.4) is 0 Å². The first-order chi connectivity index (χ1) is 5.82. The zero-order valence-electron chi connectivity index (χ0n) is 7.24. The lowest BCUT2D eigenvalue weighted by molar-refractivity contribution is 0.219. The van der Waals surface area contributed by atoms with Crippen molar-refractivity contribution in [1.82, 2.24) is 0 Å². The Kier molecular flexibility index (Phi) is 2.24. The lowest BCUT2D eigenvalue weighted by Gasteiger charge is -2.14. The lowest BCUT2D eigenvalue weighted by Crippen LogP contribution is -2.09. The normalized spacial score (nSPS) is 11.8. The van der Waals surface area contributed by atoms with E-state index in [1.54, 1.807) is 0 Å². The molecule has 0 saturated heterocycles. The first kappa shape index (κ1) is 9.89. The highest BCUT2D eigenvalue weighted by Gasteiger charge is 2.22. The van der Waals surface area contributed by atoms with E-state index in [0.29, 0.717) is 0 Å². The minimum absolute atomic E-state index is 0.0936. The number of benzene rings is 1. The van der Waals surface area contributed by atoms with E-state index in [4.69, 9.17) is 5.11 Å². The van der Waals surface area contributed by atoms with E-state index in [2.05, 4.69) is 0 Å². The molecule has 0 atom stereocenters. The Bertz CT molecular complexity index is 305. The summed E-state index contributed by atoms with van der Waals surface area (Å²) in [6.45, 7) is 2.39. The summed E-state index contributed by atoms with van der Waals surface area (Å²) in [6, 6.07) is 1.60. The molecule has 0 aromatic heterocycles. The van der Waals surface area contributed by atoms with Gasteiger partial charge >= 0.3 is 0 Å². The van der Waals surface area contributed by atoms with Crippen LogP contribution in [0.1, 0.15) is 19.4 Å². The third-order valence-corrected chi connectivity index (χ3v) is 1.70.